The highest BCUT2D eigenvalue weighted by atomic mass is 35.5. The summed E-state index contributed by atoms with van der Waals surface area (Å²) in [5.41, 5.74) is 15.4. The van der Waals surface area contributed by atoms with Crippen LogP contribution in [0, 0.1) is 0 Å². The molecule has 0 saturated carbocycles. The third-order valence-electron chi connectivity index (χ3n) is 0.687. The van der Waals surface area contributed by atoms with Crippen molar-refractivity contribution >= 4 is 17.8 Å². The van der Waals surface area contributed by atoms with Crippen molar-refractivity contribution < 1.29 is 12.4 Å². The van der Waals surface area contributed by atoms with Gasteiger partial charge in [-0.3, -0.25) is 0 Å². The Kier molecular flexibility index (Phi) is 2.63. The SMILES string of the molecule is Nc1nc(N)nc(N)n1.[Cl-]. The number of aromatic nitrogens is 3. The normalized spacial score (nSPS) is 8.40. The van der Waals surface area contributed by atoms with E-state index in [2.05, 4.69) is 15.0 Å². The predicted molar refractivity (Wildman–Crippen MR) is 33.1 cm³/mol. The smallest absolute Gasteiger partial charge is 0.226 e. The minimum atomic E-state index is 0. The molecule has 0 saturated heterocycles. The van der Waals surface area contributed by atoms with Gasteiger partial charge in [-0.25, -0.2) is 0 Å². The largest absolute Gasteiger partial charge is 1.00 e. The highest BCUT2D eigenvalue weighted by molar-refractivity contribution is 5.33. The number of anilines is 3. The Hall–Kier alpha value is -1.30. The standard InChI is InChI=1S/C3H6N6.ClH/c4-1-7-2(5)9-3(6)8-1;/h(H6,4,5,6,7,8,9);1H/p-1. The Labute approximate surface area is 63.3 Å². The summed E-state index contributed by atoms with van der Waals surface area (Å²) in [7, 11) is 0. The van der Waals surface area contributed by atoms with Crippen LogP contribution in [0.3, 0.4) is 0 Å². The number of hydrogen-bond donors (Lipinski definition) is 3. The third-order valence-corrected chi connectivity index (χ3v) is 0.687. The molecule has 0 spiro atoms. The summed E-state index contributed by atoms with van der Waals surface area (Å²) in [6, 6.07) is 0. The first-order chi connectivity index (χ1) is 4.18. The van der Waals surface area contributed by atoms with Crippen molar-refractivity contribution in [2.45, 2.75) is 0 Å². The van der Waals surface area contributed by atoms with E-state index in [1.54, 1.807) is 0 Å². The molecule has 1 rings (SSSR count). The highest BCUT2D eigenvalue weighted by Crippen LogP contribution is 1.97. The van der Waals surface area contributed by atoms with Gasteiger partial charge in [0.25, 0.3) is 0 Å². The maximum atomic E-state index is 5.14. The summed E-state index contributed by atoms with van der Waals surface area (Å²) in [6.07, 6.45) is 0. The molecule has 0 radical (unpaired) electrons. The van der Waals surface area contributed by atoms with Crippen molar-refractivity contribution in [2.24, 2.45) is 0 Å². The van der Waals surface area contributed by atoms with Gasteiger partial charge >= 0.3 is 0 Å². The molecular weight excluding hydrogens is 156 g/mol. The van der Waals surface area contributed by atoms with Crippen LogP contribution < -0.4 is 29.6 Å². The van der Waals surface area contributed by atoms with E-state index in [0.717, 1.165) is 0 Å². The number of halogens is 1. The van der Waals surface area contributed by atoms with Gasteiger partial charge in [-0.05, 0) is 0 Å². The minimum absolute atomic E-state index is 0. The van der Waals surface area contributed by atoms with Crippen LogP contribution >= 0.6 is 0 Å². The average molecular weight is 162 g/mol. The van der Waals surface area contributed by atoms with Gasteiger partial charge in [0.05, 0.1) is 0 Å². The number of nitrogens with zero attached hydrogens (tertiary/aromatic N) is 3. The van der Waals surface area contributed by atoms with Gasteiger partial charge in [-0.2, -0.15) is 15.0 Å². The third kappa shape index (κ3) is 1.90. The molecule has 1 aromatic heterocycles. The number of nitrogen functional groups attached to an aromatic ring is 3. The summed E-state index contributed by atoms with van der Waals surface area (Å²) in [4.78, 5) is 10.5. The molecule has 0 unspecified atom stereocenters. The van der Waals surface area contributed by atoms with Gasteiger partial charge in [0.2, 0.25) is 17.8 Å². The van der Waals surface area contributed by atoms with Crippen molar-refractivity contribution in [3.63, 3.8) is 0 Å². The van der Waals surface area contributed by atoms with Gasteiger partial charge in [-0.15, -0.1) is 0 Å². The first kappa shape index (κ1) is 8.70. The molecule has 0 atom stereocenters. The van der Waals surface area contributed by atoms with Crippen molar-refractivity contribution in [1.82, 2.24) is 15.0 Å². The van der Waals surface area contributed by atoms with E-state index in [4.69, 9.17) is 17.2 Å². The van der Waals surface area contributed by atoms with Crippen molar-refractivity contribution in [2.75, 3.05) is 17.2 Å². The Morgan fingerprint density at radius 3 is 1.10 bits per heavy atom. The van der Waals surface area contributed by atoms with Crippen LogP contribution in [0.15, 0.2) is 0 Å². The minimum Gasteiger partial charge on any atom is -1.00 e. The lowest BCUT2D eigenvalue weighted by molar-refractivity contribution is -0.00000243. The molecule has 0 aliphatic heterocycles. The second-order valence-electron chi connectivity index (χ2n) is 1.41. The summed E-state index contributed by atoms with van der Waals surface area (Å²) in [6.45, 7) is 0. The van der Waals surface area contributed by atoms with Gasteiger partial charge in [0.15, 0.2) is 0 Å². The Morgan fingerprint density at radius 2 is 0.900 bits per heavy atom. The lowest BCUT2D eigenvalue weighted by Gasteiger charge is -1.93. The molecule has 0 aliphatic carbocycles. The zero-order valence-electron chi connectivity index (χ0n) is 4.95. The molecule has 0 aliphatic rings. The second-order valence-corrected chi connectivity index (χ2v) is 1.41. The maximum absolute atomic E-state index is 5.14. The predicted octanol–water partition coefficient (Wildman–Crippen LogP) is -4.38. The fourth-order valence-corrected chi connectivity index (χ4v) is 0.427. The molecule has 0 amide bonds. The molecule has 7 heteroatoms. The van der Waals surface area contributed by atoms with Crippen LogP contribution in [0.5, 0.6) is 0 Å². The summed E-state index contributed by atoms with van der Waals surface area (Å²) < 4.78 is 0. The van der Waals surface area contributed by atoms with Gasteiger partial charge in [-0.1, -0.05) is 0 Å². The topological polar surface area (TPSA) is 117 Å². The van der Waals surface area contributed by atoms with Crippen LogP contribution in [-0.2, 0) is 0 Å². The van der Waals surface area contributed by atoms with E-state index in [1.165, 1.54) is 0 Å². The quantitative estimate of drug-likeness (QED) is 0.354. The monoisotopic (exact) mass is 161 g/mol. The zero-order valence-corrected chi connectivity index (χ0v) is 5.71. The van der Waals surface area contributed by atoms with Gasteiger partial charge in [0, 0.05) is 0 Å². The molecule has 1 heterocycles. The fourth-order valence-electron chi connectivity index (χ4n) is 0.427. The summed E-state index contributed by atoms with van der Waals surface area (Å²) in [5, 5.41) is 0. The van der Waals surface area contributed by atoms with Gasteiger partial charge in [0.1, 0.15) is 0 Å². The lowest BCUT2D eigenvalue weighted by atomic mass is 10.9. The molecule has 10 heavy (non-hydrogen) atoms. The molecule has 0 fully saturated rings. The molecule has 0 aromatic carbocycles. The van der Waals surface area contributed by atoms with Crippen LogP contribution in [-0.4, -0.2) is 15.0 Å². The van der Waals surface area contributed by atoms with E-state index >= 15 is 0 Å². The Morgan fingerprint density at radius 1 is 0.700 bits per heavy atom. The highest BCUT2D eigenvalue weighted by Gasteiger charge is 1.93. The Balaban J connectivity index is 0.000000810. The van der Waals surface area contributed by atoms with Crippen molar-refractivity contribution in [1.29, 1.82) is 0 Å². The van der Waals surface area contributed by atoms with Gasteiger partial charge < -0.3 is 29.6 Å². The first-order valence-corrected chi connectivity index (χ1v) is 2.21. The number of hydrogen-bond acceptors (Lipinski definition) is 6. The fraction of sp³-hybridized carbons (Fsp3) is 0. The first-order valence-electron chi connectivity index (χ1n) is 2.21. The molecule has 0 bridgehead atoms. The van der Waals surface area contributed by atoms with E-state index in [9.17, 15) is 0 Å². The average Bonchev–Trinajstić information content (AvgIpc) is 1.59. The molecular formula is C3H6ClN6-. The zero-order chi connectivity index (χ0) is 6.85. The van der Waals surface area contributed by atoms with Crippen molar-refractivity contribution in [3.8, 4) is 0 Å². The molecule has 1 aromatic rings. The van der Waals surface area contributed by atoms with Crippen LogP contribution in [0.2, 0.25) is 0 Å². The molecule has 6 N–H and O–H groups in total. The van der Waals surface area contributed by atoms with Crippen LogP contribution in [0.1, 0.15) is 0 Å². The van der Waals surface area contributed by atoms with Crippen LogP contribution in [0.25, 0.3) is 0 Å². The van der Waals surface area contributed by atoms with E-state index < -0.39 is 0 Å². The number of rotatable bonds is 0. The molecule has 56 valence electrons. The van der Waals surface area contributed by atoms with E-state index in [1.807, 2.05) is 0 Å². The van der Waals surface area contributed by atoms with Crippen molar-refractivity contribution in [3.05, 3.63) is 0 Å². The Bertz CT molecular complexity index is 174. The maximum Gasteiger partial charge on any atom is 0.226 e. The van der Waals surface area contributed by atoms with E-state index in [0.29, 0.717) is 0 Å². The molecule has 6 nitrogen and oxygen atoms in total. The second kappa shape index (κ2) is 3.02. The lowest BCUT2D eigenvalue weighted by Crippen LogP contribution is -3.00. The summed E-state index contributed by atoms with van der Waals surface area (Å²) in [5.74, 6) is 0.125. The van der Waals surface area contributed by atoms with Crippen LogP contribution in [0.4, 0.5) is 17.8 Å². The number of nitrogens with two attached hydrogens (primary N) is 3. The summed E-state index contributed by atoms with van der Waals surface area (Å²) >= 11 is 0. The van der Waals surface area contributed by atoms with E-state index in [-0.39, 0.29) is 30.3 Å².